The van der Waals surface area contributed by atoms with Crippen molar-refractivity contribution in [2.24, 2.45) is 23.2 Å². The molecule has 12 heavy (non-hydrogen) atoms. The molecule has 0 radical (unpaired) electrons. The maximum Gasteiger partial charge on any atom is 0.136 e. The monoisotopic (exact) mass is 166 g/mol. The molecule has 0 saturated heterocycles. The molecule has 3 atom stereocenters. The Labute approximate surface area is 74.5 Å². The van der Waals surface area contributed by atoms with E-state index in [9.17, 15) is 4.79 Å². The molecule has 0 aromatic heterocycles. The SMILES string of the molecule is CC(C)(C)C1CC2CC(=O)C1C2. The van der Waals surface area contributed by atoms with Crippen molar-refractivity contribution in [3.8, 4) is 0 Å². The third kappa shape index (κ3) is 1.10. The molecule has 68 valence electrons. The lowest BCUT2D eigenvalue weighted by Crippen LogP contribution is -2.30. The second kappa shape index (κ2) is 2.34. The Balaban J connectivity index is 2.17. The number of ketones is 1. The molecule has 0 aromatic carbocycles. The lowest BCUT2D eigenvalue weighted by atomic mass is 9.71. The van der Waals surface area contributed by atoms with Gasteiger partial charge in [0.25, 0.3) is 0 Å². The van der Waals surface area contributed by atoms with Gasteiger partial charge < -0.3 is 0 Å². The van der Waals surface area contributed by atoms with Crippen LogP contribution in [0.1, 0.15) is 40.0 Å². The van der Waals surface area contributed by atoms with E-state index >= 15 is 0 Å². The predicted octanol–water partition coefficient (Wildman–Crippen LogP) is 2.65. The van der Waals surface area contributed by atoms with Gasteiger partial charge in [-0.25, -0.2) is 0 Å². The Morgan fingerprint density at radius 2 is 1.92 bits per heavy atom. The molecular weight excluding hydrogens is 148 g/mol. The molecule has 2 aliphatic rings. The summed E-state index contributed by atoms with van der Waals surface area (Å²) in [5.74, 6) is 2.39. The molecule has 2 bridgehead atoms. The minimum atomic E-state index is 0.343. The fraction of sp³-hybridized carbons (Fsp3) is 0.909. The molecule has 1 heteroatoms. The lowest BCUT2D eigenvalue weighted by molar-refractivity contribution is -0.124. The fourth-order valence-corrected chi connectivity index (χ4v) is 3.06. The maximum absolute atomic E-state index is 11.5. The number of rotatable bonds is 0. The molecule has 2 rings (SSSR count). The number of carbonyl (C=O) groups is 1. The van der Waals surface area contributed by atoms with E-state index in [1.807, 2.05) is 0 Å². The average Bonchev–Trinajstić information content (AvgIpc) is 2.41. The molecule has 3 unspecified atom stereocenters. The Hall–Kier alpha value is -0.330. The van der Waals surface area contributed by atoms with Gasteiger partial charge in [0.05, 0.1) is 0 Å². The van der Waals surface area contributed by atoms with Crippen LogP contribution in [-0.4, -0.2) is 5.78 Å². The van der Waals surface area contributed by atoms with Crippen molar-refractivity contribution in [2.45, 2.75) is 40.0 Å². The lowest BCUT2D eigenvalue weighted by Gasteiger charge is -2.33. The standard InChI is InChI=1S/C11H18O/c1-11(2,3)9-5-7-4-8(9)10(12)6-7/h7-9H,4-6H2,1-3H3. The summed E-state index contributed by atoms with van der Waals surface area (Å²) in [6.45, 7) is 6.81. The van der Waals surface area contributed by atoms with Crippen LogP contribution in [-0.2, 0) is 4.79 Å². The van der Waals surface area contributed by atoms with Crippen molar-refractivity contribution < 1.29 is 4.79 Å². The van der Waals surface area contributed by atoms with Gasteiger partial charge >= 0.3 is 0 Å². The Bertz CT molecular complexity index is 212. The van der Waals surface area contributed by atoms with Gasteiger partial charge in [-0.15, -0.1) is 0 Å². The van der Waals surface area contributed by atoms with Crippen LogP contribution >= 0.6 is 0 Å². The van der Waals surface area contributed by atoms with Crippen molar-refractivity contribution in [2.75, 3.05) is 0 Å². The summed E-state index contributed by atoms with van der Waals surface area (Å²) in [5, 5.41) is 0. The van der Waals surface area contributed by atoms with Crippen LogP contribution in [0.3, 0.4) is 0 Å². The highest BCUT2D eigenvalue weighted by Gasteiger charge is 2.49. The molecule has 0 aliphatic heterocycles. The summed E-state index contributed by atoms with van der Waals surface area (Å²) in [6, 6.07) is 0. The summed E-state index contributed by atoms with van der Waals surface area (Å²) >= 11 is 0. The zero-order valence-electron chi connectivity index (χ0n) is 8.26. The molecule has 0 N–H and O–H groups in total. The molecule has 0 heterocycles. The van der Waals surface area contributed by atoms with Crippen LogP contribution in [0.15, 0.2) is 0 Å². The van der Waals surface area contributed by atoms with E-state index in [1.165, 1.54) is 12.8 Å². The first kappa shape index (κ1) is 8.28. The molecule has 1 nitrogen and oxygen atoms in total. The van der Waals surface area contributed by atoms with Gasteiger partial charge in [0, 0.05) is 12.3 Å². The summed E-state index contributed by atoms with van der Waals surface area (Å²) in [7, 11) is 0. The van der Waals surface area contributed by atoms with E-state index in [-0.39, 0.29) is 0 Å². The molecular formula is C11H18O. The van der Waals surface area contributed by atoms with Crippen molar-refractivity contribution in [1.29, 1.82) is 0 Å². The van der Waals surface area contributed by atoms with Crippen LogP contribution in [0.2, 0.25) is 0 Å². The topological polar surface area (TPSA) is 17.1 Å². The normalized spacial score (nSPS) is 40.9. The highest BCUT2D eigenvalue weighted by molar-refractivity contribution is 5.84. The minimum absolute atomic E-state index is 0.343. The molecule has 0 amide bonds. The minimum Gasteiger partial charge on any atom is -0.299 e. The number of fused-ring (bicyclic) bond motifs is 2. The quantitative estimate of drug-likeness (QED) is 0.540. The first-order valence-corrected chi connectivity index (χ1v) is 5.01. The number of hydrogen-bond acceptors (Lipinski definition) is 1. The zero-order chi connectivity index (χ0) is 8.93. The highest BCUT2D eigenvalue weighted by Crippen LogP contribution is 2.52. The van der Waals surface area contributed by atoms with Gasteiger partial charge in [-0.05, 0) is 30.1 Å². The number of hydrogen-bond donors (Lipinski definition) is 0. The van der Waals surface area contributed by atoms with Crippen LogP contribution < -0.4 is 0 Å². The first-order chi connectivity index (χ1) is 5.48. The van der Waals surface area contributed by atoms with Gasteiger partial charge in [-0.1, -0.05) is 20.8 Å². The van der Waals surface area contributed by atoms with Crippen molar-refractivity contribution in [3.05, 3.63) is 0 Å². The summed E-state index contributed by atoms with van der Waals surface area (Å²) < 4.78 is 0. The Morgan fingerprint density at radius 1 is 1.25 bits per heavy atom. The number of carbonyl (C=O) groups excluding carboxylic acids is 1. The Kier molecular flexibility index (Phi) is 1.61. The Morgan fingerprint density at radius 3 is 2.25 bits per heavy atom. The van der Waals surface area contributed by atoms with Gasteiger partial charge in [0.15, 0.2) is 0 Å². The molecule has 2 fully saturated rings. The molecule has 2 saturated carbocycles. The molecule has 0 spiro atoms. The fourth-order valence-electron chi connectivity index (χ4n) is 3.06. The van der Waals surface area contributed by atoms with Gasteiger partial charge in [0.1, 0.15) is 5.78 Å². The summed E-state index contributed by atoms with van der Waals surface area (Å²) in [4.78, 5) is 11.5. The third-order valence-corrected chi connectivity index (χ3v) is 3.68. The van der Waals surface area contributed by atoms with Crippen LogP contribution in [0.5, 0.6) is 0 Å². The zero-order valence-corrected chi connectivity index (χ0v) is 8.26. The molecule has 2 aliphatic carbocycles. The van der Waals surface area contributed by atoms with E-state index in [1.54, 1.807) is 0 Å². The molecule has 0 aromatic rings. The van der Waals surface area contributed by atoms with Crippen LogP contribution in [0.25, 0.3) is 0 Å². The van der Waals surface area contributed by atoms with E-state index < -0.39 is 0 Å². The maximum atomic E-state index is 11.5. The predicted molar refractivity (Wildman–Crippen MR) is 48.8 cm³/mol. The van der Waals surface area contributed by atoms with Crippen molar-refractivity contribution in [1.82, 2.24) is 0 Å². The second-order valence-corrected chi connectivity index (χ2v) is 5.59. The number of Topliss-reactive ketones (excluding diaryl/α,β-unsaturated/α-hetero) is 1. The largest absolute Gasteiger partial charge is 0.299 e. The average molecular weight is 166 g/mol. The summed E-state index contributed by atoms with van der Waals surface area (Å²) in [5.41, 5.74) is 0.343. The van der Waals surface area contributed by atoms with Gasteiger partial charge in [0.2, 0.25) is 0 Å². The smallest absolute Gasteiger partial charge is 0.136 e. The van der Waals surface area contributed by atoms with E-state index in [2.05, 4.69) is 20.8 Å². The van der Waals surface area contributed by atoms with Crippen LogP contribution in [0, 0.1) is 23.2 Å². The third-order valence-electron chi connectivity index (χ3n) is 3.68. The van der Waals surface area contributed by atoms with Gasteiger partial charge in [-0.3, -0.25) is 4.79 Å². The van der Waals surface area contributed by atoms with Crippen molar-refractivity contribution in [3.63, 3.8) is 0 Å². The van der Waals surface area contributed by atoms with Crippen LogP contribution in [0.4, 0.5) is 0 Å². The van der Waals surface area contributed by atoms with E-state index in [4.69, 9.17) is 0 Å². The highest BCUT2D eigenvalue weighted by atomic mass is 16.1. The van der Waals surface area contributed by atoms with Crippen molar-refractivity contribution >= 4 is 5.78 Å². The summed E-state index contributed by atoms with van der Waals surface area (Å²) in [6.07, 6.45) is 3.39. The van der Waals surface area contributed by atoms with E-state index in [0.717, 1.165) is 12.3 Å². The van der Waals surface area contributed by atoms with Gasteiger partial charge in [-0.2, -0.15) is 0 Å². The van der Waals surface area contributed by atoms with E-state index in [0.29, 0.717) is 23.0 Å². The second-order valence-electron chi connectivity index (χ2n) is 5.59. The first-order valence-electron chi connectivity index (χ1n) is 5.01.